The van der Waals surface area contributed by atoms with Gasteiger partial charge in [-0.3, -0.25) is 19.3 Å². The van der Waals surface area contributed by atoms with Crippen LogP contribution in [0.5, 0.6) is 0 Å². The Labute approximate surface area is 255 Å². The maximum Gasteiger partial charge on any atom is 0.251 e. The highest BCUT2D eigenvalue weighted by Crippen LogP contribution is 2.36. The third kappa shape index (κ3) is 6.37. The zero-order chi connectivity index (χ0) is 30.4. The normalized spacial score (nSPS) is 20.0. The highest BCUT2D eigenvalue weighted by atomic mass is 16.2. The fraction of sp³-hybridized carbons (Fsp3) is 0.417. The van der Waals surface area contributed by atoms with Gasteiger partial charge in [0.2, 0.25) is 11.8 Å². The highest BCUT2D eigenvalue weighted by Gasteiger charge is 2.55. The Hall–Kier alpha value is -3.97. The van der Waals surface area contributed by atoms with Crippen molar-refractivity contribution in [3.63, 3.8) is 0 Å². The molecule has 2 fully saturated rings. The molecular formula is C36H44N4O3. The summed E-state index contributed by atoms with van der Waals surface area (Å²) in [5.41, 5.74) is 3.03. The van der Waals surface area contributed by atoms with Gasteiger partial charge in [-0.1, -0.05) is 93.1 Å². The number of hydrogen-bond donors (Lipinski definition) is 2. The van der Waals surface area contributed by atoms with Crippen molar-refractivity contribution in [2.45, 2.75) is 76.5 Å². The number of carbonyl (C=O) groups is 3. The number of nitrogens with zero attached hydrogens (tertiary/aromatic N) is 2. The molecule has 0 aliphatic carbocycles. The molecule has 3 aromatic rings. The number of amides is 3. The number of carbonyl (C=O) groups excluding carboxylic acids is 3. The zero-order valence-corrected chi connectivity index (χ0v) is 25.6. The third-order valence-electron chi connectivity index (χ3n) is 9.23. The minimum absolute atomic E-state index is 0.0933. The number of piperazine rings is 1. The molecule has 5 rings (SSSR count). The van der Waals surface area contributed by atoms with Gasteiger partial charge in [-0.05, 0) is 61.4 Å². The van der Waals surface area contributed by atoms with E-state index < -0.39 is 17.6 Å². The lowest BCUT2D eigenvalue weighted by molar-refractivity contribution is -0.162. The molecule has 1 spiro atoms. The Morgan fingerprint density at radius 1 is 0.884 bits per heavy atom. The van der Waals surface area contributed by atoms with Crippen molar-refractivity contribution in [3.05, 3.63) is 96.1 Å². The Morgan fingerprint density at radius 3 is 2.09 bits per heavy atom. The third-order valence-corrected chi connectivity index (χ3v) is 9.23. The molecule has 0 unspecified atom stereocenters. The van der Waals surface area contributed by atoms with Crippen LogP contribution in [0.15, 0.2) is 84.9 Å². The molecule has 0 radical (unpaired) electrons. The predicted molar refractivity (Wildman–Crippen MR) is 170 cm³/mol. The molecule has 0 saturated carbocycles. The van der Waals surface area contributed by atoms with E-state index in [4.69, 9.17) is 0 Å². The van der Waals surface area contributed by atoms with E-state index in [0.29, 0.717) is 31.4 Å². The topological polar surface area (TPSA) is 81.8 Å². The summed E-state index contributed by atoms with van der Waals surface area (Å²) in [6.07, 6.45) is 3.29. The Balaban J connectivity index is 1.30. The van der Waals surface area contributed by atoms with Gasteiger partial charge in [0.1, 0.15) is 11.6 Å². The van der Waals surface area contributed by atoms with Crippen molar-refractivity contribution in [1.29, 1.82) is 0 Å². The fourth-order valence-electron chi connectivity index (χ4n) is 6.71. The summed E-state index contributed by atoms with van der Waals surface area (Å²) in [5, 5.41) is 6.20. The second-order valence-corrected chi connectivity index (χ2v) is 11.9. The number of benzene rings is 3. The van der Waals surface area contributed by atoms with E-state index in [1.54, 1.807) is 0 Å². The lowest BCUT2D eigenvalue weighted by atomic mass is 9.80. The van der Waals surface area contributed by atoms with Crippen LogP contribution < -0.4 is 10.6 Å². The van der Waals surface area contributed by atoms with E-state index in [9.17, 15) is 14.4 Å². The molecule has 3 aromatic carbocycles. The molecule has 3 atom stereocenters. The van der Waals surface area contributed by atoms with E-state index in [0.717, 1.165) is 37.1 Å². The molecule has 43 heavy (non-hydrogen) atoms. The molecule has 7 heteroatoms. The predicted octanol–water partition coefficient (Wildman–Crippen LogP) is 5.58. The van der Waals surface area contributed by atoms with Gasteiger partial charge in [0.05, 0.1) is 6.04 Å². The summed E-state index contributed by atoms with van der Waals surface area (Å²) in [6.45, 7) is 8.25. The van der Waals surface area contributed by atoms with Crippen LogP contribution >= 0.6 is 0 Å². The SMILES string of the molecule is CCC[C@H](NC(=O)c1ccc(-c2ccccc2)cc1)[C@@H]1NC(=O)C2(CCN([C@@H](C)c3ccccc3)CC2)N(CCC)C1=O. The Kier molecular flexibility index (Phi) is 9.61. The van der Waals surface area contributed by atoms with E-state index in [1.165, 1.54) is 5.56 Å². The van der Waals surface area contributed by atoms with E-state index >= 15 is 0 Å². The summed E-state index contributed by atoms with van der Waals surface area (Å²) in [4.78, 5) is 45.7. The van der Waals surface area contributed by atoms with E-state index in [2.05, 4.69) is 46.7 Å². The summed E-state index contributed by atoms with van der Waals surface area (Å²) in [7, 11) is 0. The van der Waals surface area contributed by atoms with Crippen molar-refractivity contribution >= 4 is 17.7 Å². The Bertz CT molecular complexity index is 1390. The molecule has 226 valence electrons. The maximum absolute atomic E-state index is 14.2. The zero-order valence-electron chi connectivity index (χ0n) is 25.6. The molecular weight excluding hydrogens is 536 g/mol. The van der Waals surface area contributed by atoms with Crippen LogP contribution in [-0.4, -0.2) is 64.8 Å². The first-order valence-electron chi connectivity index (χ1n) is 15.8. The second kappa shape index (κ2) is 13.6. The van der Waals surface area contributed by atoms with Crippen LogP contribution in [0.1, 0.15) is 74.8 Å². The minimum Gasteiger partial charge on any atom is -0.347 e. The maximum atomic E-state index is 14.2. The average molecular weight is 581 g/mol. The first kappa shape index (κ1) is 30.5. The number of nitrogens with one attached hydrogen (secondary N) is 2. The lowest BCUT2D eigenvalue weighted by Crippen LogP contribution is -2.75. The van der Waals surface area contributed by atoms with Crippen LogP contribution in [0.3, 0.4) is 0 Å². The van der Waals surface area contributed by atoms with Gasteiger partial charge in [-0.15, -0.1) is 0 Å². The average Bonchev–Trinajstić information content (AvgIpc) is 3.05. The first-order chi connectivity index (χ1) is 20.9. The summed E-state index contributed by atoms with van der Waals surface area (Å²) in [6, 6.07) is 26.9. The highest BCUT2D eigenvalue weighted by molar-refractivity contribution is 6.01. The minimum atomic E-state index is -0.857. The molecule has 3 amide bonds. The fourth-order valence-corrected chi connectivity index (χ4v) is 6.71. The lowest BCUT2D eigenvalue weighted by Gasteiger charge is -2.53. The number of hydrogen-bond acceptors (Lipinski definition) is 4. The van der Waals surface area contributed by atoms with Gasteiger partial charge in [0.15, 0.2) is 0 Å². The van der Waals surface area contributed by atoms with Gasteiger partial charge >= 0.3 is 0 Å². The van der Waals surface area contributed by atoms with Crippen LogP contribution in [-0.2, 0) is 9.59 Å². The number of rotatable bonds is 10. The van der Waals surface area contributed by atoms with Crippen molar-refractivity contribution in [2.75, 3.05) is 19.6 Å². The summed E-state index contributed by atoms with van der Waals surface area (Å²) in [5.74, 6) is -0.435. The molecule has 2 aliphatic heterocycles. The van der Waals surface area contributed by atoms with Gasteiger partial charge in [0, 0.05) is 31.2 Å². The van der Waals surface area contributed by atoms with Gasteiger partial charge < -0.3 is 15.5 Å². The van der Waals surface area contributed by atoms with Crippen LogP contribution in [0, 0.1) is 0 Å². The van der Waals surface area contributed by atoms with Crippen molar-refractivity contribution < 1.29 is 14.4 Å². The van der Waals surface area contributed by atoms with Crippen LogP contribution in [0.2, 0.25) is 0 Å². The number of piperidine rings is 1. The van der Waals surface area contributed by atoms with Gasteiger partial charge in [-0.2, -0.15) is 0 Å². The monoisotopic (exact) mass is 580 g/mol. The summed E-state index contributed by atoms with van der Waals surface area (Å²) >= 11 is 0. The van der Waals surface area contributed by atoms with Crippen molar-refractivity contribution in [3.8, 4) is 11.1 Å². The van der Waals surface area contributed by atoms with Gasteiger partial charge in [0.25, 0.3) is 5.91 Å². The standard InChI is InChI=1S/C36H44N4O3/c1-4-12-31(37-33(41)30-19-17-29(18-20-30)28-15-10-7-11-16-28)32-34(42)40(23-5-2)36(35(43)38-32)21-24-39(25-22-36)26(3)27-13-8-6-9-14-27/h6-11,13-20,26,31-32H,4-5,12,21-25H2,1-3H3,(H,37,41)(H,38,43)/t26-,31-,32-/m0/s1. The van der Waals surface area contributed by atoms with Crippen LogP contribution in [0.25, 0.3) is 11.1 Å². The van der Waals surface area contributed by atoms with E-state index in [-0.39, 0.29) is 23.8 Å². The van der Waals surface area contributed by atoms with Crippen molar-refractivity contribution in [1.82, 2.24) is 20.4 Å². The van der Waals surface area contributed by atoms with Crippen LogP contribution in [0.4, 0.5) is 0 Å². The molecule has 2 aliphatic rings. The number of likely N-dealkylation sites (tertiary alicyclic amines) is 1. The molecule has 0 aromatic heterocycles. The molecule has 2 heterocycles. The van der Waals surface area contributed by atoms with Gasteiger partial charge in [-0.25, -0.2) is 0 Å². The molecule has 2 saturated heterocycles. The molecule has 7 nitrogen and oxygen atoms in total. The first-order valence-corrected chi connectivity index (χ1v) is 15.8. The molecule has 0 bridgehead atoms. The molecule has 2 N–H and O–H groups in total. The quantitative estimate of drug-likeness (QED) is 0.328. The largest absolute Gasteiger partial charge is 0.347 e. The summed E-state index contributed by atoms with van der Waals surface area (Å²) < 4.78 is 0. The Morgan fingerprint density at radius 2 is 1.49 bits per heavy atom. The smallest absolute Gasteiger partial charge is 0.251 e. The second-order valence-electron chi connectivity index (χ2n) is 11.9. The van der Waals surface area contributed by atoms with E-state index in [1.807, 2.05) is 79.4 Å². The van der Waals surface area contributed by atoms with Crippen molar-refractivity contribution in [2.24, 2.45) is 0 Å².